The topological polar surface area (TPSA) is 141 Å². The molecule has 3 aromatic carbocycles. The molecule has 2 atom stereocenters. The fourth-order valence-electron chi connectivity index (χ4n) is 10.1. The van der Waals surface area contributed by atoms with Crippen molar-refractivity contribution in [3.8, 4) is 6.07 Å². The van der Waals surface area contributed by atoms with Crippen LogP contribution in [0.1, 0.15) is 75.2 Å². The summed E-state index contributed by atoms with van der Waals surface area (Å²) >= 11 is 6.32. The molecule has 1 N–H and O–H groups in total. The lowest BCUT2D eigenvalue weighted by Crippen LogP contribution is -2.54. The van der Waals surface area contributed by atoms with Crippen molar-refractivity contribution in [1.29, 1.82) is 5.26 Å². The maximum atomic E-state index is 13.9. The van der Waals surface area contributed by atoms with E-state index >= 15 is 0 Å². The molecule has 5 saturated heterocycles. The smallest absolute Gasteiger partial charge is 0.264 e. The Hall–Kier alpha value is -5.45. The number of nitrogens with one attached hydrogen (secondary N) is 1. The summed E-state index contributed by atoms with van der Waals surface area (Å²) < 4.78 is 0. The average molecular weight is 803 g/mol. The summed E-state index contributed by atoms with van der Waals surface area (Å²) in [7, 11) is 0. The Morgan fingerprint density at radius 2 is 1.55 bits per heavy atom. The molecule has 5 amide bonds. The molecule has 0 bridgehead atoms. The van der Waals surface area contributed by atoms with Crippen LogP contribution in [0.15, 0.2) is 60.7 Å². The lowest BCUT2D eigenvalue weighted by molar-refractivity contribution is -0.136. The highest BCUT2D eigenvalue weighted by molar-refractivity contribution is 6.32. The predicted molar refractivity (Wildman–Crippen MR) is 219 cm³/mol. The second-order valence-electron chi connectivity index (χ2n) is 16.8. The zero-order valence-corrected chi connectivity index (χ0v) is 33.3. The van der Waals surface area contributed by atoms with Crippen molar-refractivity contribution in [3.05, 3.63) is 87.9 Å². The first-order valence-electron chi connectivity index (χ1n) is 20.5. The van der Waals surface area contributed by atoms with Crippen LogP contribution in [0.2, 0.25) is 5.02 Å². The van der Waals surface area contributed by atoms with Gasteiger partial charge >= 0.3 is 0 Å². The normalized spacial score (nSPS) is 23.5. The van der Waals surface area contributed by atoms with E-state index in [4.69, 9.17) is 11.6 Å². The minimum absolute atomic E-state index is 0.0889. The first kappa shape index (κ1) is 38.1. The number of piperazine rings is 1. The van der Waals surface area contributed by atoms with Crippen LogP contribution in [-0.4, -0.2) is 122 Å². The fraction of sp³-hybridized carbons (Fsp3) is 0.455. The first-order chi connectivity index (χ1) is 28.1. The average Bonchev–Trinajstić information content (AvgIpc) is 3.95. The van der Waals surface area contributed by atoms with Crippen molar-refractivity contribution >= 4 is 58.2 Å². The van der Waals surface area contributed by atoms with E-state index in [2.05, 4.69) is 43.1 Å². The van der Waals surface area contributed by atoms with Gasteiger partial charge in [0.05, 0.1) is 27.4 Å². The molecule has 0 radical (unpaired) electrons. The van der Waals surface area contributed by atoms with Gasteiger partial charge in [0.25, 0.3) is 17.7 Å². The minimum Gasteiger partial charge on any atom is -0.371 e. The number of nitrogens with zero attached hydrogens (tertiary/aromatic N) is 7. The number of nitriles is 1. The Labute approximate surface area is 343 Å². The standard InChI is InChI=1S/C44H47ClN8O5/c45-35-24-33(8-7-31(35)25-46)49-16-12-44(13-17-49)14-18-52(28-44)41(56)30-3-1-4-32(23-30)50-21-19-48(20-22-50)26-29-11-15-51(27-29)36-6-2-5-34-39(36)43(58)53(42(34)57)37-9-10-38(54)47-40(37)55/h1-8,23-24,29,37H,9-22,26-28H2,(H,47,54,55)/t29-,37?/m1/s1. The molecule has 5 fully saturated rings. The summed E-state index contributed by atoms with van der Waals surface area (Å²) in [6.45, 7) is 9.35. The van der Waals surface area contributed by atoms with E-state index in [0.29, 0.717) is 27.6 Å². The highest BCUT2D eigenvalue weighted by Gasteiger charge is 2.47. The Morgan fingerprint density at radius 1 is 0.810 bits per heavy atom. The maximum Gasteiger partial charge on any atom is 0.264 e. The van der Waals surface area contributed by atoms with E-state index < -0.39 is 29.7 Å². The van der Waals surface area contributed by atoms with Crippen molar-refractivity contribution in [1.82, 2.24) is 20.0 Å². The molecule has 58 heavy (non-hydrogen) atoms. The van der Waals surface area contributed by atoms with Crippen LogP contribution >= 0.6 is 11.6 Å². The number of benzene rings is 3. The van der Waals surface area contributed by atoms with Crippen LogP contribution in [0.4, 0.5) is 17.1 Å². The lowest BCUT2D eigenvalue weighted by atomic mass is 9.77. The van der Waals surface area contributed by atoms with Crippen LogP contribution in [0.5, 0.6) is 0 Å². The van der Waals surface area contributed by atoms with E-state index in [-0.39, 0.29) is 24.2 Å². The number of carbonyl (C=O) groups excluding carboxylic acids is 5. The van der Waals surface area contributed by atoms with Crippen molar-refractivity contribution in [2.24, 2.45) is 11.3 Å². The van der Waals surface area contributed by atoms with Crippen molar-refractivity contribution in [2.75, 3.05) is 86.7 Å². The van der Waals surface area contributed by atoms with Crippen LogP contribution < -0.4 is 20.0 Å². The molecule has 300 valence electrons. The summed E-state index contributed by atoms with van der Waals surface area (Å²) in [5.74, 6) is -1.45. The number of carbonyl (C=O) groups is 5. The molecule has 3 aromatic rings. The highest BCUT2D eigenvalue weighted by Crippen LogP contribution is 2.42. The lowest BCUT2D eigenvalue weighted by Gasteiger charge is -2.40. The Bertz CT molecular complexity index is 2220. The number of halogens is 1. The number of piperidine rings is 2. The summed E-state index contributed by atoms with van der Waals surface area (Å²) in [5, 5.41) is 12.0. The van der Waals surface area contributed by atoms with Gasteiger partial charge in [-0.1, -0.05) is 23.7 Å². The van der Waals surface area contributed by atoms with Crippen LogP contribution in [0, 0.1) is 22.7 Å². The van der Waals surface area contributed by atoms with E-state index in [9.17, 15) is 29.2 Å². The number of fused-ring (bicyclic) bond motifs is 1. The van der Waals surface area contributed by atoms with Crippen molar-refractivity contribution in [2.45, 2.75) is 44.6 Å². The summed E-state index contributed by atoms with van der Waals surface area (Å²) in [4.78, 5) is 77.7. The monoisotopic (exact) mass is 802 g/mol. The van der Waals surface area contributed by atoms with E-state index in [1.807, 2.05) is 35.2 Å². The molecular formula is C44H47ClN8O5. The molecule has 6 heterocycles. The molecule has 6 aliphatic rings. The van der Waals surface area contributed by atoms with Gasteiger partial charge in [-0.3, -0.25) is 39.1 Å². The predicted octanol–water partition coefficient (Wildman–Crippen LogP) is 4.39. The molecule has 6 aliphatic heterocycles. The zero-order valence-electron chi connectivity index (χ0n) is 32.5. The van der Waals surface area contributed by atoms with Gasteiger partial charge in [-0.15, -0.1) is 0 Å². The Balaban J connectivity index is 0.764. The molecule has 1 spiro atoms. The molecule has 0 aliphatic carbocycles. The van der Waals surface area contributed by atoms with Gasteiger partial charge in [0.1, 0.15) is 12.1 Å². The van der Waals surface area contributed by atoms with E-state index in [1.165, 1.54) is 0 Å². The molecule has 13 nitrogen and oxygen atoms in total. The third kappa shape index (κ3) is 7.06. The third-order valence-corrected chi connectivity index (χ3v) is 13.7. The van der Waals surface area contributed by atoms with Crippen molar-refractivity contribution < 1.29 is 24.0 Å². The number of hydrogen-bond acceptors (Lipinski definition) is 10. The van der Waals surface area contributed by atoms with Gasteiger partial charge in [0.15, 0.2) is 0 Å². The molecule has 0 saturated carbocycles. The van der Waals surface area contributed by atoms with Crippen LogP contribution in [0.25, 0.3) is 0 Å². The zero-order chi connectivity index (χ0) is 40.1. The third-order valence-electron chi connectivity index (χ3n) is 13.4. The SMILES string of the molecule is N#Cc1ccc(N2CCC3(CCN(C(=O)c4cccc(N5CCN(C[C@H]6CCN(c7cccc8c7C(=O)N(C7CCC(=O)NC7=O)C8=O)C6)CC5)c4)C3)CC2)cc1Cl. The molecule has 0 aromatic heterocycles. The maximum absolute atomic E-state index is 13.9. The molecule has 9 rings (SSSR count). The second-order valence-corrected chi connectivity index (χ2v) is 17.2. The minimum atomic E-state index is -0.984. The molecule has 1 unspecified atom stereocenters. The number of likely N-dealkylation sites (tertiary alicyclic amines) is 1. The van der Waals surface area contributed by atoms with Crippen LogP contribution in [-0.2, 0) is 9.59 Å². The Kier molecular flexibility index (Phi) is 10.1. The number of hydrogen-bond donors (Lipinski definition) is 1. The highest BCUT2D eigenvalue weighted by atomic mass is 35.5. The second kappa shape index (κ2) is 15.4. The summed E-state index contributed by atoms with van der Waals surface area (Å²) in [5.41, 5.74) is 4.86. The van der Waals surface area contributed by atoms with Gasteiger partial charge in [-0.2, -0.15) is 5.26 Å². The van der Waals surface area contributed by atoms with Gasteiger partial charge in [0, 0.05) is 95.4 Å². The van der Waals surface area contributed by atoms with Gasteiger partial charge in [-0.05, 0) is 92.0 Å². The van der Waals surface area contributed by atoms with E-state index in [1.54, 1.807) is 18.2 Å². The van der Waals surface area contributed by atoms with Gasteiger partial charge in [-0.25, -0.2) is 0 Å². The molecule has 14 heteroatoms. The Morgan fingerprint density at radius 3 is 2.31 bits per heavy atom. The number of anilines is 3. The fourth-order valence-corrected chi connectivity index (χ4v) is 10.3. The summed E-state index contributed by atoms with van der Waals surface area (Å²) in [6, 6.07) is 20.2. The van der Waals surface area contributed by atoms with Gasteiger partial charge < -0.3 is 19.6 Å². The quantitative estimate of drug-likeness (QED) is 0.342. The largest absolute Gasteiger partial charge is 0.371 e. The number of rotatable bonds is 7. The van der Waals surface area contributed by atoms with Gasteiger partial charge in [0.2, 0.25) is 11.8 Å². The van der Waals surface area contributed by atoms with Crippen molar-refractivity contribution in [3.63, 3.8) is 0 Å². The number of imide groups is 2. The number of amides is 5. The summed E-state index contributed by atoms with van der Waals surface area (Å²) in [6.07, 6.45) is 4.22. The van der Waals surface area contributed by atoms with Crippen LogP contribution in [0.3, 0.4) is 0 Å². The molecular weight excluding hydrogens is 756 g/mol. The first-order valence-corrected chi connectivity index (χ1v) is 20.9. The van der Waals surface area contributed by atoms with E-state index in [0.717, 1.165) is 125 Å².